The lowest BCUT2D eigenvalue weighted by Crippen LogP contribution is -2.56. The Morgan fingerprint density at radius 1 is 0.944 bits per heavy atom. The van der Waals surface area contributed by atoms with E-state index in [2.05, 4.69) is 28.4 Å². The molecule has 1 spiro atoms. The molecular weight excluding hydrogens is 925 g/mol. The third-order valence-corrected chi connectivity index (χ3v) is 12.3. The molecule has 7 amide bonds. The van der Waals surface area contributed by atoms with Crippen LogP contribution in [0.25, 0.3) is 0 Å². The average molecular weight is 997 g/mol. The number of esters is 2. The monoisotopic (exact) mass is 997 g/mol. The van der Waals surface area contributed by atoms with E-state index in [1.165, 1.54) is 38.1 Å². The third-order valence-electron chi connectivity index (χ3n) is 12.3. The molecule has 0 saturated carbocycles. The molecule has 3 saturated heterocycles. The molecule has 392 valence electrons. The topological polar surface area (TPSA) is 325 Å². The van der Waals surface area contributed by atoms with E-state index in [0.717, 1.165) is 10.5 Å². The van der Waals surface area contributed by atoms with Gasteiger partial charge in [-0.05, 0) is 88.6 Å². The van der Waals surface area contributed by atoms with Gasteiger partial charge in [0.2, 0.25) is 23.6 Å². The Balaban J connectivity index is 1.29. The van der Waals surface area contributed by atoms with Crippen molar-refractivity contribution in [1.29, 1.82) is 0 Å². The van der Waals surface area contributed by atoms with Crippen molar-refractivity contribution in [2.75, 3.05) is 18.1 Å². The van der Waals surface area contributed by atoms with Crippen LogP contribution >= 0.6 is 0 Å². The fourth-order valence-corrected chi connectivity index (χ4v) is 8.28. The van der Waals surface area contributed by atoms with Crippen LogP contribution < -0.4 is 43.6 Å². The molecule has 0 bridgehead atoms. The summed E-state index contributed by atoms with van der Waals surface area (Å²) in [6, 6.07) is 2.78. The lowest BCUT2D eigenvalue weighted by atomic mass is 9.87. The van der Waals surface area contributed by atoms with Crippen molar-refractivity contribution in [2.24, 2.45) is 29.0 Å². The van der Waals surface area contributed by atoms with Gasteiger partial charge in [-0.2, -0.15) is 0 Å². The highest BCUT2D eigenvalue weighted by Crippen LogP contribution is 2.45. The number of nitrogens with two attached hydrogens (primary N) is 3. The van der Waals surface area contributed by atoms with Crippen molar-refractivity contribution in [2.45, 2.75) is 161 Å². The normalized spacial score (nSPS) is 25.4. The van der Waals surface area contributed by atoms with E-state index in [9.17, 15) is 38.4 Å². The van der Waals surface area contributed by atoms with Crippen molar-refractivity contribution in [1.82, 2.24) is 21.5 Å². The third kappa shape index (κ3) is 17.9. The number of allylic oxidation sites excluding steroid dienone is 2. The molecule has 71 heavy (non-hydrogen) atoms. The van der Waals surface area contributed by atoms with Crippen LogP contribution in [0.2, 0.25) is 0 Å². The highest BCUT2D eigenvalue weighted by molar-refractivity contribution is 6.05. The zero-order valence-corrected chi connectivity index (χ0v) is 41.8. The number of primary amides is 1. The first-order chi connectivity index (χ1) is 33.5. The molecule has 22 heteroatoms. The first-order valence-electron chi connectivity index (χ1n) is 23.8. The lowest BCUT2D eigenvalue weighted by molar-refractivity contribution is -0.179. The van der Waals surface area contributed by atoms with Crippen molar-refractivity contribution < 1.29 is 66.8 Å². The quantitative estimate of drug-likeness (QED) is 0.0232. The molecule has 11 atom stereocenters. The number of urea groups is 1. The fraction of sp³-hybridized carbons (Fsp3) is 0.592. The summed E-state index contributed by atoms with van der Waals surface area (Å²) >= 11 is 0. The number of amides is 7. The highest BCUT2D eigenvalue weighted by Gasteiger charge is 2.61. The number of imide groups is 1. The first kappa shape index (κ1) is 57.4. The summed E-state index contributed by atoms with van der Waals surface area (Å²) in [5, 5.41) is 5.25. The second-order valence-corrected chi connectivity index (χ2v) is 18.6. The van der Waals surface area contributed by atoms with E-state index in [0.29, 0.717) is 24.8 Å². The maximum atomic E-state index is 13.2. The van der Waals surface area contributed by atoms with Gasteiger partial charge in [-0.3, -0.25) is 44.4 Å². The number of anilines is 1. The number of ether oxygens (including phenoxy) is 6. The number of nitrogens with zero attached hydrogens (tertiary/aromatic N) is 1. The minimum absolute atomic E-state index is 0.102. The molecule has 0 radical (unpaired) electrons. The van der Waals surface area contributed by atoms with Crippen LogP contribution in [0, 0.1) is 11.8 Å². The van der Waals surface area contributed by atoms with E-state index in [1.54, 1.807) is 39.0 Å². The average Bonchev–Trinajstić information content (AvgIpc) is 4.07. The Morgan fingerprint density at radius 3 is 2.24 bits per heavy atom. The van der Waals surface area contributed by atoms with Crippen LogP contribution in [0.5, 0.6) is 0 Å². The number of benzene rings is 1. The van der Waals surface area contributed by atoms with Crippen LogP contribution in [-0.2, 0) is 63.8 Å². The maximum Gasteiger partial charge on any atom is 0.426 e. The van der Waals surface area contributed by atoms with E-state index in [1.807, 2.05) is 26.0 Å². The van der Waals surface area contributed by atoms with Crippen LogP contribution in [0.1, 0.15) is 99.5 Å². The molecule has 3 aliphatic rings. The smallest absolute Gasteiger partial charge is 0.426 e. The molecule has 3 heterocycles. The summed E-state index contributed by atoms with van der Waals surface area (Å²) in [5.74, 6) is -3.44. The maximum absolute atomic E-state index is 13.2. The number of hydrogen-bond donors (Lipinski definition) is 7. The van der Waals surface area contributed by atoms with Gasteiger partial charge in [0, 0.05) is 32.0 Å². The predicted molar refractivity (Wildman–Crippen MR) is 258 cm³/mol. The van der Waals surface area contributed by atoms with Crippen molar-refractivity contribution in [3.63, 3.8) is 0 Å². The number of nitrogens with one attached hydrogen (secondary N) is 4. The van der Waals surface area contributed by atoms with Gasteiger partial charge in [0.1, 0.15) is 30.5 Å². The molecule has 0 aliphatic carbocycles. The van der Waals surface area contributed by atoms with Gasteiger partial charge < -0.3 is 50.9 Å². The molecule has 1 aromatic rings. The number of carbonyl (C=O) groups excluding carboxylic acids is 8. The van der Waals surface area contributed by atoms with Gasteiger partial charge in [0.25, 0.3) is 0 Å². The Labute approximate surface area is 414 Å². The number of hydrogen-bond acceptors (Lipinski definition) is 16. The van der Waals surface area contributed by atoms with E-state index in [4.69, 9.17) is 45.6 Å². The molecule has 10 N–H and O–H groups in total. The Morgan fingerprint density at radius 2 is 1.63 bits per heavy atom. The molecule has 0 aromatic heterocycles. The van der Waals surface area contributed by atoms with Crippen LogP contribution in [0.15, 0.2) is 60.2 Å². The molecule has 1 aromatic carbocycles. The standard InChI is InChI=1S/C49H72N8O14/c1-27(2)43(51)46(63)54-45(62)38(10-9-21-50)57(47(52)64)35-16-14-34(15-17-35)25-66-48(65)56-55-42(61)23-36-24-49(26-67-49)44(70-33(8)59)40(71-36)19-12-28(3)11-18-39-29(4)22-37(31(6)69-39)53-41(60)20-13-30(5)68-32(7)58/h11-17,19-20,27,29-31,36-40,43-44H,9-10,18,21-26,50-51H2,1-8H3,(H2,52,64)(H,53,60)(H,55,61)(H,56,65)(H,54,62,63)/b19-12+,20-13-,28-11+/t29-,30-,31+,36+,37+,38-,39-,40+,43-,44+,49+/m0/s1. The first-order valence-corrected chi connectivity index (χ1v) is 23.8. The fourth-order valence-electron chi connectivity index (χ4n) is 8.28. The largest absolute Gasteiger partial charge is 0.459 e. The Hall–Kier alpha value is -6.20. The Bertz CT molecular complexity index is 2140. The summed E-state index contributed by atoms with van der Waals surface area (Å²) in [4.78, 5) is 101. The molecular formula is C49H72N8O14. The number of carbonyl (C=O) groups is 8. The number of rotatable bonds is 21. The molecule has 22 nitrogen and oxygen atoms in total. The molecule has 3 fully saturated rings. The highest BCUT2D eigenvalue weighted by atomic mass is 16.7. The summed E-state index contributed by atoms with van der Waals surface area (Å²) < 4.78 is 34.5. The minimum atomic E-state index is -1.18. The molecule has 0 unspecified atom stereocenters. The van der Waals surface area contributed by atoms with E-state index >= 15 is 0 Å². The van der Waals surface area contributed by atoms with Gasteiger partial charge in [0.05, 0.1) is 43.4 Å². The van der Waals surface area contributed by atoms with Gasteiger partial charge in [-0.15, -0.1) is 0 Å². The SMILES string of the molecule is CC(=O)O[C@@H]1[C@@H](/C=C/C(C)=C/C[C@@H]2O[C@H](C)[C@H](NC(=O)/C=C\[C@H](C)OC(C)=O)C[C@@H]2C)O[C@H](CC(=O)NNC(=O)OCc2ccc(N(C(N)=O)[C@@H](CCCN)C(=O)NC(=O)[C@@H](N)C(C)C)cc2)C[C@@]12CO2. The molecule has 4 rings (SSSR count). The van der Waals surface area contributed by atoms with E-state index < -0.39 is 83.9 Å². The van der Waals surface area contributed by atoms with Gasteiger partial charge >= 0.3 is 24.1 Å². The van der Waals surface area contributed by atoms with E-state index in [-0.39, 0.29) is 80.7 Å². The predicted octanol–water partition coefficient (Wildman–Crippen LogP) is 2.51. The van der Waals surface area contributed by atoms with Crippen LogP contribution in [0.3, 0.4) is 0 Å². The zero-order chi connectivity index (χ0) is 52.6. The second-order valence-electron chi connectivity index (χ2n) is 18.6. The summed E-state index contributed by atoms with van der Waals surface area (Å²) in [5.41, 5.74) is 22.6. The Kier molecular flexibility index (Phi) is 21.7. The summed E-state index contributed by atoms with van der Waals surface area (Å²) in [7, 11) is 0. The van der Waals surface area contributed by atoms with Gasteiger partial charge in [0.15, 0.2) is 6.10 Å². The van der Waals surface area contributed by atoms with Crippen molar-refractivity contribution in [3.8, 4) is 0 Å². The van der Waals surface area contributed by atoms with Crippen LogP contribution in [0.4, 0.5) is 15.3 Å². The molecule has 3 aliphatic heterocycles. The lowest BCUT2D eigenvalue weighted by Gasteiger charge is -2.39. The minimum Gasteiger partial charge on any atom is -0.459 e. The summed E-state index contributed by atoms with van der Waals surface area (Å²) in [6.45, 7) is 13.9. The number of epoxide rings is 1. The van der Waals surface area contributed by atoms with Gasteiger partial charge in [-0.1, -0.05) is 56.7 Å². The van der Waals surface area contributed by atoms with Crippen LogP contribution in [-0.4, -0.2) is 121 Å². The van der Waals surface area contributed by atoms with Crippen molar-refractivity contribution in [3.05, 3.63) is 65.8 Å². The van der Waals surface area contributed by atoms with Gasteiger partial charge in [-0.25, -0.2) is 15.0 Å². The number of hydrazine groups is 1. The van der Waals surface area contributed by atoms with Crippen molar-refractivity contribution >= 4 is 53.4 Å². The second kappa shape index (κ2) is 26.9. The zero-order valence-electron chi connectivity index (χ0n) is 41.8. The summed E-state index contributed by atoms with van der Waals surface area (Å²) in [6.07, 6.45) is 6.18.